The molecule has 1 heterocycles. The highest BCUT2D eigenvalue weighted by molar-refractivity contribution is 6.30. The van der Waals surface area contributed by atoms with E-state index >= 15 is 0 Å². The number of pyridine rings is 1. The van der Waals surface area contributed by atoms with E-state index in [9.17, 15) is 0 Å². The van der Waals surface area contributed by atoms with E-state index in [1.54, 1.807) is 0 Å². The van der Waals surface area contributed by atoms with Gasteiger partial charge in [-0.05, 0) is 43.3 Å². The van der Waals surface area contributed by atoms with Crippen LogP contribution in [0.2, 0.25) is 5.02 Å². The molecule has 100 valence electrons. The summed E-state index contributed by atoms with van der Waals surface area (Å²) in [7, 11) is 1.92. The minimum Gasteiger partial charge on any atom is -0.487 e. The number of halogens is 1. The van der Waals surface area contributed by atoms with Crippen LogP contribution in [0.3, 0.4) is 0 Å². The third-order valence-corrected chi connectivity index (χ3v) is 3.03. The maximum Gasteiger partial charge on any atom is 0.130 e. The average Bonchev–Trinajstić information content (AvgIpc) is 2.42. The Hall–Kier alpha value is -1.58. The molecule has 0 aliphatic carbocycles. The van der Waals surface area contributed by atoms with Crippen LogP contribution in [-0.2, 0) is 13.2 Å². The van der Waals surface area contributed by atoms with Gasteiger partial charge in [-0.2, -0.15) is 0 Å². The third-order valence-electron chi connectivity index (χ3n) is 2.79. The van der Waals surface area contributed by atoms with Gasteiger partial charge < -0.3 is 10.1 Å². The third kappa shape index (κ3) is 3.94. The van der Waals surface area contributed by atoms with Crippen LogP contribution in [-0.4, -0.2) is 12.0 Å². The summed E-state index contributed by atoms with van der Waals surface area (Å²) in [6, 6.07) is 9.65. The lowest BCUT2D eigenvalue weighted by atomic mass is 10.2. The SMILES string of the molecule is CNCc1ccc(COc2cc(Cl)ccc2C)nc1. The molecule has 4 heteroatoms. The molecule has 0 bridgehead atoms. The minimum atomic E-state index is 0.445. The second-order valence-electron chi connectivity index (χ2n) is 4.39. The number of ether oxygens (including phenoxy) is 1. The first-order valence-corrected chi connectivity index (χ1v) is 6.54. The average molecular weight is 277 g/mol. The normalized spacial score (nSPS) is 10.5. The zero-order valence-electron chi connectivity index (χ0n) is 11.1. The quantitative estimate of drug-likeness (QED) is 0.909. The van der Waals surface area contributed by atoms with Crippen molar-refractivity contribution in [3.8, 4) is 5.75 Å². The lowest BCUT2D eigenvalue weighted by Crippen LogP contribution is -2.06. The summed E-state index contributed by atoms with van der Waals surface area (Å²) in [6.45, 7) is 3.26. The van der Waals surface area contributed by atoms with Gasteiger partial charge in [0.15, 0.2) is 0 Å². The van der Waals surface area contributed by atoms with E-state index in [0.29, 0.717) is 11.6 Å². The summed E-state index contributed by atoms with van der Waals surface area (Å²) in [5, 5.41) is 3.77. The summed E-state index contributed by atoms with van der Waals surface area (Å²) >= 11 is 5.95. The zero-order valence-corrected chi connectivity index (χ0v) is 11.9. The molecule has 0 radical (unpaired) electrons. The van der Waals surface area contributed by atoms with Gasteiger partial charge in [-0.25, -0.2) is 0 Å². The van der Waals surface area contributed by atoms with Gasteiger partial charge >= 0.3 is 0 Å². The molecule has 0 atom stereocenters. The number of aryl methyl sites for hydroxylation is 1. The Morgan fingerprint density at radius 2 is 2.11 bits per heavy atom. The van der Waals surface area contributed by atoms with Crippen LogP contribution in [0.25, 0.3) is 0 Å². The van der Waals surface area contributed by atoms with E-state index in [0.717, 1.165) is 29.1 Å². The maximum absolute atomic E-state index is 5.95. The number of nitrogens with one attached hydrogen (secondary N) is 1. The van der Waals surface area contributed by atoms with Crippen LogP contribution in [0, 0.1) is 6.92 Å². The molecule has 1 aromatic heterocycles. The van der Waals surface area contributed by atoms with Crippen molar-refractivity contribution in [2.75, 3.05) is 7.05 Å². The first-order chi connectivity index (χ1) is 9.19. The van der Waals surface area contributed by atoms with E-state index in [2.05, 4.69) is 10.3 Å². The molecule has 3 nitrogen and oxygen atoms in total. The van der Waals surface area contributed by atoms with Crippen molar-refractivity contribution >= 4 is 11.6 Å². The predicted octanol–water partition coefficient (Wildman–Crippen LogP) is 3.34. The summed E-state index contributed by atoms with van der Waals surface area (Å²) in [5.41, 5.74) is 3.13. The van der Waals surface area contributed by atoms with Crippen molar-refractivity contribution in [2.45, 2.75) is 20.1 Å². The molecular formula is C15H17ClN2O. The first kappa shape index (κ1) is 13.8. The Bertz CT molecular complexity index is 540. The number of nitrogens with zero attached hydrogens (tertiary/aromatic N) is 1. The molecule has 0 saturated carbocycles. The van der Waals surface area contributed by atoms with E-state index < -0.39 is 0 Å². The fourth-order valence-electron chi connectivity index (χ4n) is 1.73. The summed E-state index contributed by atoms with van der Waals surface area (Å²) in [5.74, 6) is 0.800. The highest BCUT2D eigenvalue weighted by Crippen LogP contribution is 2.23. The van der Waals surface area contributed by atoms with Crippen molar-refractivity contribution in [3.05, 3.63) is 58.4 Å². The van der Waals surface area contributed by atoms with Gasteiger partial charge in [0, 0.05) is 17.8 Å². The van der Waals surface area contributed by atoms with Crippen LogP contribution < -0.4 is 10.1 Å². The van der Waals surface area contributed by atoms with Gasteiger partial charge in [0.25, 0.3) is 0 Å². The van der Waals surface area contributed by atoms with Crippen molar-refractivity contribution in [1.82, 2.24) is 10.3 Å². The van der Waals surface area contributed by atoms with Crippen LogP contribution in [0.1, 0.15) is 16.8 Å². The van der Waals surface area contributed by atoms with E-state index in [4.69, 9.17) is 16.3 Å². The number of hydrogen-bond donors (Lipinski definition) is 1. The molecule has 1 N–H and O–H groups in total. The Balaban J connectivity index is 2.00. The summed E-state index contributed by atoms with van der Waals surface area (Å²) in [4.78, 5) is 4.37. The van der Waals surface area contributed by atoms with Crippen molar-refractivity contribution in [3.63, 3.8) is 0 Å². The van der Waals surface area contributed by atoms with Gasteiger partial charge in [-0.1, -0.05) is 23.7 Å². The summed E-state index contributed by atoms with van der Waals surface area (Å²) in [6.07, 6.45) is 1.86. The van der Waals surface area contributed by atoms with Gasteiger partial charge in [0.2, 0.25) is 0 Å². The molecule has 0 fully saturated rings. The molecule has 0 amide bonds. The lowest BCUT2D eigenvalue weighted by Gasteiger charge is -2.09. The van der Waals surface area contributed by atoms with Crippen LogP contribution in [0.5, 0.6) is 5.75 Å². The zero-order chi connectivity index (χ0) is 13.7. The molecule has 1 aromatic carbocycles. The summed E-state index contributed by atoms with van der Waals surface area (Å²) < 4.78 is 5.74. The molecule has 0 unspecified atom stereocenters. The predicted molar refractivity (Wildman–Crippen MR) is 77.5 cm³/mol. The second kappa shape index (κ2) is 6.55. The molecule has 19 heavy (non-hydrogen) atoms. The van der Waals surface area contributed by atoms with Crippen LogP contribution in [0.15, 0.2) is 36.5 Å². The number of benzene rings is 1. The van der Waals surface area contributed by atoms with E-state index in [1.165, 1.54) is 0 Å². The molecule has 0 spiro atoms. The van der Waals surface area contributed by atoms with Crippen molar-refractivity contribution < 1.29 is 4.74 Å². The maximum atomic E-state index is 5.95. The standard InChI is InChI=1S/C15H17ClN2O/c1-11-3-5-13(16)7-15(11)19-10-14-6-4-12(8-17-2)9-18-14/h3-7,9,17H,8,10H2,1-2H3. The van der Waals surface area contributed by atoms with Crippen LogP contribution >= 0.6 is 11.6 Å². The monoisotopic (exact) mass is 276 g/mol. The van der Waals surface area contributed by atoms with E-state index in [-0.39, 0.29) is 0 Å². The molecule has 0 aliphatic rings. The Morgan fingerprint density at radius 1 is 1.26 bits per heavy atom. The molecular weight excluding hydrogens is 260 g/mol. The fourth-order valence-corrected chi connectivity index (χ4v) is 1.89. The van der Waals surface area contributed by atoms with Crippen molar-refractivity contribution in [2.24, 2.45) is 0 Å². The number of aromatic nitrogens is 1. The van der Waals surface area contributed by atoms with Gasteiger partial charge in [-0.15, -0.1) is 0 Å². The van der Waals surface area contributed by atoms with Gasteiger partial charge in [0.05, 0.1) is 5.69 Å². The smallest absolute Gasteiger partial charge is 0.130 e. The lowest BCUT2D eigenvalue weighted by molar-refractivity contribution is 0.299. The molecule has 2 rings (SSSR count). The first-order valence-electron chi connectivity index (χ1n) is 6.16. The number of rotatable bonds is 5. The molecule has 0 saturated heterocycles. The molecule has 2 aromatic rings. The Labute approximate surface area is 118 Å². The van der Waals surface area contributed by atoms with E-state index in [1.807, 2.05) is 50.5 Å². The minimum absolute atomic E-state index is 0.445. The fraction of sp³-hybridized carbons (Fsp3) is 0.267. The highest BCUT2D eigenvalue weighted by Gasteiger charge is 2.02. The second-order valence-corrected chi connectivity index (χ2v) is 4.82. The number of hydrogen-bond acceptors (Lipinski definition) is 3. The largest absolute Gasteiger partial charge is 0.487 e. The highest BCUT2D eigenvalue weighted by atomic mass is 35.5. The van der Waals surface area contributed by atoms with Crippen molar-refractivity contribution in [1.29, 1.82) is 0 Å². The topological polar surface area (TPSA) is 34.1 Å². The Morgan fingerprint density at radius 3 is 2.79 bits per heavy atom. The van der Waals surface area contributed by atoms with Gasteiger partial charge in [0.1, 0.15) is 12.4 Å². The van der Waals surface area contributed by atoms with Crippen LogP contribution in [0.4, 0.5) is 0 Å². The Kier molecular flexibility index (Phi) is 4.77. The van der Waals surface area contributed by atoms with Gasteiger partial charge in [-0.3, -0.25) is 4.98 Å². The molecule has 0 aliphatic heterocycles.